The van der Waals surface area contributed by atoms with Crippen molar-refractivity contribution in [2.24, 2.45) is 0 Å². The second-order valence-corrected chi connectivity index (χ2v) is 7.98. The van der Waals surface area contributed by atoms with Crippen LogP contribution in [0.1, 0.15) is 33.5 Å². The molecule has 0 spiro atoms. The van der Waals surface area contributed by atoms with E-state index in [2.05, 4.69) is 15.3 Å². The van der Waals surface area contributed by atoms with Gasteiger partial charge in [-0.05, 0) is 36.3 Å². The number of H-pyrrole nitrogens is 1. The van der Waals surface area contributed by atoms with E-state index in [1.54, 1.807) is 37.3 Å². The number of ether oxygens (including phenoxy) is 2. The molecular weight excluding hydrogens is 442 g/mol. The van der Waals surface area contributed by atoms with Crippen LogP contribution >= 0.6 is 22.9 Å². The van der Waals surface area contributed by atoms with Crippen molar-refractivity contribution >= 4 is 61.8 Å². The summed E-state index contributed by atoms with van der Waals surface area (Å²) in [7, 11) is 1.51. The third-order valence-corrected chi connectivity index (χ3v) is 5.71. The van der Waals surface area contributed by atoms with Crippen LogP contribution in [-0.2, 0) is 14.3 Å². The molecule has 162 valence electrons. The molecule has 0 saturated carbocycles. The van der Waals surface area contributed by atoms with Gasteiger partial charge in [-0.15, -0.1) is 11.3 Å². The number of nitrogens with zero attached hydrogens (tertiary/aromatic N) is 1. The lowest BCUT2D eigenvalue weighted by atomic mass is 10.2. The molecule has 10 heteroatoms. The van der Waals surface area contributed by atoms with E-state index in [-0.39, 0.29) is 30.0 Å². The van der Waals surface area contributed by atoms with Crippen molar-refractivity contribution in [2.75, 3.05) is 25.6 Å². The van der Waals surface area contributed by atoms with Crippen molar-refractivity contribution in [3.05, 3.63) is 56.4 Å². The van der Waals surface area contributed by atoms with Gasteiger partial charge in [0.2, 0.25) is 5.91 Å². The third kappa shape index (κ3) is 5.38. The Morgan fingerprint density at radius 2 is 1.97 bits per heavy atom. The van der Waals surface area contributed by atoms with Gasteiger partial charge in [-0.3, -0.25) is 9.59 Å². The first-order valence-corrected chi connectivity index (χ1v) is 10.4. The first kappa shape index (κ1) is 22.7. The predicted molar refractivity (Wildman–Crippen MR) is 122 cm³/mol. The van der Waals surface area contributed by atoms with Crippen LogP contribution in [0.2, 0.25) is 0 Å². The van der Waals surface area contributed by atoms with E-state index in [9.17, 15) is 14.4 Å². The van der Waals surface area contributed by atoms with E-state index in [1.807, 2.05) is 0 Å². The highest BCUT2D eigenvalue weighted by Gasteiger charge is 2.21. The van der Waals surface area contributed by atoms with Crippen LogP contribution in [0.3, 0.4) is 0 Å². The number of carbonyl (C=O) groups is 2. The Labute approximate surface area is 186 Å². The number of amides is 1. The van der Waals surface area contributed by atoms with Gasteiger partial charge in [-0.25, -0.2) is 9.78 Å². The Balaban J connectivity index is 1.90. The van der Waals surface area contributed by atoms with E-state index >= 15 is 0 Å². The van der Waals surface area contributed by atoms with Gasteiger partial charge >= 0.3 is 5.97 Å². The Morgan fingerprint density at radius 3 is 2.61 bits per heavy atom. The Hall–Kier alpha value is -3.01. The summed E-state index contributed by atoms with van der Waals surface area (Å²) in [4.78, 5) is 43.8. The number of nitrogens with one attached hydrogen (secondary N) is 2. The molecule has 0 bridgehead atoms. The van der Waals surface area contributed by atoms with Gasteiger partial charge in [-0.1, -0.05) is 23.7 Å². The summed E-state index contributed by atoms with van der Waals surface area (Å²) in [5.41, 5.74) is 1.54. The highest BCUT2D eigenvalue weighted by Crippen LogP contribution is 2.29. The average Bonchev–Trinajstić information content (AvgIpc) is 3.06. The first-order valence-electron chi connectivity index (χ1n) is 9.25. The van der Waals surface area contributed by atoms with Gasteiger partial charge in [-0.2, -0.15) is 0 Å². The molecule has 0 aliphatic rings. The minimum absolute atomic E-state index is 0.118. The standard InChI is InChI=1S/C21H20ClN3O5S/c1-11-16-19(27)24-18(25-20(16)31-17(11)21(28)30-9-8-29-3)15(22)10-13-4-6-14(7-5-13)23-12(2)26/h4-7,10H,8-9H2,1-3H3,(H,23,26)(H,24,25,27)/b15-10-. The van der Waals surface area contributed by atoms with Crippen LogP contribution in [0.15, 0.2) is 29.1 Å². The zero-order valence-electron chi connectivity index (χ0n) is 17.1. The molecule has 0 radical (unpaired) electrons. The molecular formula is C21H20ClN3O5S. The van der Waals surface area contributed by atoms with Crippen LogP contribution < -0.4 is 10.9 Å². The maximum absolute atomic E-state index is 12.6. The van der Waals surface area contributed by atoms with Gasteiger partial charge in [0, 0.05) is 19.7 Å². The third-order valence-electron chi connectivity index (χ3n) is 4.26. The van der Waals surface area contributed by atoms with Crippen molar-refractivity contribution in [2.45, 2.75) is 13.8 Å². The van der Waals surface area contributed by atoms with Crippen LogP contribution in [0.5, 0.6) is 0 Å². The number of carbonyl (C=O) groups excluding carboxylic acids is 2. The number of aryl methyl sites for hydroxylation is 1. The summed E-state index contributed by atoms with van der Waals surface area (Å²) in [5.74, 6) is -0.505. The highest BCUT2D eigenvalue weighted by atomic mass is 35.5. The van der Waals surface area contributed by atoms with Crippen molar-refractivity contribution in [3.63, 3.8) is 0 Å². The molecule has 0 unspecified atom stereocenters. The number of hydrogen-bond donors (Lipinski definition) is 2. The second-order valence-electron chi connectivity index (χ2n) is 6.58. The Kier molecular flexibility index (Phi) is 7.21. The Bertz CT molecular complexity index is 1210. The van der Waals surface area contributed by atoms with Gasteiger partial charge in [0.25, 0.3) is 5.56 Å². The van der Waals surface area contributed by atoms with Gasteiger partial charge in [0.05, 0.1) is 17.0 Å². The van der Waals surface area contributed by atoms with Crippen molar-refractivity contribution in [3.8, 4) is 0 Å². The number of hydrogen-bond acceptors (Lipinski definition) is 7. The summed E-state index contributed by atoms with van der Waals surface area (Å²) in [5, 5.41) is 3.24. The fraction of sp³-hybridized carbons (Fsp3) is 0.238. The van der Waals surface area contributed by atoms with Crippen molar-refractivity contribution in [1.82, 2.24) is 9.97 Å². The number of fused-ring (bicyclic) bond motifs is 1. The predicted octanol–water partition coefficient (Wildman–Crippen LogP) is 3.79. The molecule has 2 heterocycles. The largest absolute Gasteiger partial charge is 0.459 e. The van der Waals surface area contributed by atoms with E-state index in [4.69, 9.17) is 21.1 Å². The molecule has 2 aromatic heterocycles. The maximum Gasteiger partial charge on any atom is 0.348 e. The molecule has 31 heavy (non-hydrogen) atoms. The molecule has 0 saturated heterocycles. The summed E-state index contributed by atoms with van der Waals surface area (Å²) < 4.78 is 10.0. The first-order chi connectivity index (χ1) is 14.8. The molecule has 0 atom stereocenters. The minimum Gasteiger partial charge on any atom is -0.459 e. The second kappa shape index (κ2) is 9.86. The lowest BCUT2D eigenvalue weighted by Gasteiger charge is -2.03. The molecule has 3 aromatic rings. The number of thiophene rings is 1. The number of benzene rings is 1. The van der Waals surface area contributed by atoms with E-state index in [1.165, 1.54) is 14.0 Å². The van der Waals surface area contributed by atoms with E-state index < -0.39 is 11.5 Å². The summed E-state index contributed by atoms with van der Waals surface area (Å²) in [6.45, 7) is 3.51. The number of esters is 1. The van der Waals surface area contributed by atoms with E-state index in [0.29, 0.717) is 26.3 Å². The minimum atomic E-state index is -0.528. The SMILES string of the molecule is COCCOC(=O)c1sc2nc(/C(Cl)=C/c3ccc(NC(C)=O)cc3)[nH]c(=O)c2c1C. The molecule has 2 N–H and O–H groups in total. The van der Waals surface area contributed by atoms with Gasteiger partial charge in [0.15, 0.2) is 5.82 Å². The van der Waals surface area contributed by atoms with Crippen LogP contribution in [0, 0.1) is 6.92 Å². The number of rotatable bonds is 7. The quantitative estimate of drug-likeness (QED) is 0.409. The zero-order chi connectivity index (χ0) is 22.5. The number of aromatic nitrogens is 2. The molecule has 0 aliphatic carbocycles. The smallest absolute Gasteiger partial charge is 0.348 e. The lowest BCUT2D eigenvalue weighted by Crippen LogP contribution is -2.11. The van der Waals surface area contributed by atoms with Crippen LogP contribution in [0.25, 0.3) is 21.3 Å². The number of halogens is 1. The zero-order valence-corrected chi connectivity index (χ0v) is 18.6. The fourth-order valence-corrected chi connectivity index (χ4v) is 4.11. The molecule has 1 aromatic carbocycles. The number of aromatic amines is 1. The average molecular weight is 462 g/mol. The number of anilines is 1. The topological polar surface area (TPSA) is 110 Å². The van der Waals surface area contributed by atoms with Crippen molar-refractivity contribution < 1.29 is 19.1 Å². The monoisotopic (exact) mass is 461 g/mol. The van der Waals surface area contributed by atoms with E-state index in [0.717, 1.165) is 16.9 Å². The molecule has 8 nitrogen and oxygen atoms in total. The molecule has 0 aliphatic heterocycles. The summed E-state index contributed by atoms with van der Waals surface area (Å²) in [6.07, 6.45) is 1.64. The molecule has 0 fully saturated rings. The maximum atomic E-state index is 12.6. The normalized spacial score (nSPS) is 11.5. The van der Waals surface area contributed by atoms with Gasteiger partial charge in [0.1, 0.15) is 16.3 Å². The molecule has 1 amide bonds. The summed E-state index contributed by atoms with van der Waals surface area (Å²) >= 11 is 7.47. The van der Waals surface area contributed by atoms with Gasteiger partial charge < -0.3 is 19.8 Å². The van der Waals surface area contributed by atoms with Crippen LogP contribution in [-0.4, -0.2) is 42.2 Å². The molecule has 3 rings (SSSR count). The fourth-order valence-electron chi connectivity index (χ4n) is 2.82. The van der Waals surface area contributed by atoms with Crippen molar-refractivity contribution in [1.29, 1.82) is 0 Å². The highest BCUT2D eigenvalue weighted by molar-refractivity contribution is 7.20. The summed E-state index contributed by atoms with van der Waals surface area (Å²) in [6, 6.07) is 7.02. The lowest BCUT2D eigenvalue weighted by molar-refractivity contribution is -0.114. The van der Waals surface area contributed by atoms with Crippen LogP contribution in [0.4, 0.5) is 5.69 Å². The Morgan fingerprint density at radius 1 is 1.26 bits per heavy atom. The number of methoxy groups -OCH3 is 1.